The summed E-state index contributed by atoms with van der Waals surface area (Å²) < 4.78 is 31.5. The van der Waals surface area contributed by atoms with E-state index >= 15 is 0 Å². The Bertz CT molecular complexity index is 592. The van der Waals surface area contributed by atoms with Crippen molar-refractivity contribution >= 4 is 15.9 Å². The highest BCUT2D eigenvalue weighted by atomic mass is 32.2. The van der Waals surface area contributed by atoms with Crippen LogP contribution in [0, 0.1) is 0 Å². The first-order valence-electron chi connectivity index (χ1n) is 7.47. The van der Waals surface area contributed by atoms with E-state index in [1.165, 1.54) is 4.31 Å². The van der Waals surface area contributed by atoms with Crippen molar-refractivity contribution in [2.75, 3.05) is 26.3 Å². The number of benzene rings is 1. The summed E-state index contributed by atoms with van der Waals surface area (Å²) in [4.78, 5) is 11.7. The van der Waals surface area contributed by atoms with Gasteiger partial charge in [0.15, 0.2) is 0 Å². The van der Waals surface area contributed by atoms with E-state index in [1.54, 1.807) is 24.3 Å². The first kappa shape index (κ1) is 16.9. The summed E-state index contributed by atoms with van der Waals surface area (Å²) in [6.07, 6.45) is 1.31. The molecule has 0 aliphatic carbocycles. The predicted molar refractivity (Wildman–Crippen MR) is 82.8 cm³/mol. The molecule has 1 aliphatic rings. The first-order valence-corrected chi connectivity index (χ1v) is 8.91. The van der Waals surface area contributed by atoms with Gasteiger partial charge in [-0.1, -0.05) is 19.1 Å². The summed E-state index contributed by atoms with van der Waals surface area (Å²) in [5.74, 6) is 0.00696. The molecule has 1 amide bonds. The monoisotopic (exact) mass is 326 g/mol. The number of nitrogens with zero attached hydrogens (tertiary/aromatic N) is 1. The molecule has 1 N–H and O–H groups in total. The van der Waals surface area contributed by atoms with Gasteiger partial charge in [0.2, 0.25) is 15.9 Å². The van der Waals surface area contributed by atoms with E-state index in [1.807, 2.05) is 6.92 Å². The van der Waals surface area contributed by atoms with Gasteiger partial charge in [-0.2, -0.15) is 4.31 Å². The van der Waals surface area contributed by atoms with Crippen molar-refractivity contribution in [3.05, 3.63) is 29.8 Å². The van der Waals surface area contributed by atoms with Gasteiger partial charge in [0, 0.05) is 26.1 Å². The van der Waals surface area contributed by atoms with Gasteiger partial charge in [0.1, 0.15) is 0 Å². The topological polar surface area (TPSA) is 75.7 Å². The molecule has 0 radical (unpaired) electrons. The Balaban J connectivity index is 2.00. The Labute approximate surface area is 131 Å². The third-order valence-electron chi connectivity index (χ3n) is 3.50. The minimum atomic E-state index is -3.45. The normalized spacial score (nSPS) is 16.4. The molecular weight excluding hydrogens is 304 g/mol. The second-order valence-electron chi connectivity index (χ2n) is 5.19. The summed E-state index contributed by atoms with van der Waals surface area (Å²) in [7, 11) is -3.45. The second kappa shape index (κ2) is 7.71. The van der Waals surface area contributed by atoms with Gasteiger partial charge >= 0.3 is 0 Å². The molecule has 1 aliphatic heterocycles. The Hall–Kier alpha value is -1.44. The zero-order valence-electron chi connectivity index (χ0n) is 12.7. The van der Waals surface area contributed by atoms with Crippen molar-refractivity contribution in [1.29, 1.82) is 0 Å². The first-order chi connectivity index (χ1) is 10.5. The molecule has 1 aromatic rings. The summed E-state index contributed by atoms with van der Waals surface area (Å²) >= 11 is 0. The third kappa shape index (κ3) is 4.28. The Kier molecular flexibility index (Phi) is 5.93. The van der Waals surface area contributed by atoms with E-state index in [0.29, 0.717) is 39.3 Å². The lowest BCUT2D eigenvalue weighted by molar-refractivity contribution is -0.121. The van der Waals surface area contributed by atoms with E-state index in [2.05, 4.69) is 5.32 Å². The number of carbonyl (C=O) groups excluding carboxylic acids is 1. The van der Waals surface area contributed by atoms with Crippen molar-refractivity contribution in [2.24, 2.45) is 0 Å². The maximum Gasteiger partial charge on any atom is 0.243 e. The minimum Gasteiger partial charge on any atom is -0.379 e. The van der Waals surface area contributed by atoms with Crippen LogP contribution in [0.1, 0.15) is 25.3 Å². The Morgan fingerprint density at radius 1 is 1.23 bits per heavy atom. The van der Waals surface area contributed by atoms with E-state index in [4.69, 9.17) is 4.74 Å². The highest BCUT2D eigenvalue weighted by molar-refractivity contribution is 7.89. The van der Waals surface area contributed by atoms with Gasteiger partial charge in [0.05, 0.1) is 18.1 Å². The quantitative estimate of drug-likeness (QED) is 0.850. The van der Waals surface area contributed by atoms with Gasteiger partial charge in [-0.25, -0.2) is 8.42 Å². The van der Waals surface area contributed by atoms with Crippen LogP contribution in [0.3, 0.4) is 0 Å². The molecule has 1 fully saturated rings. The number of rotatable bonds is 6. The fraction of sp³-hybridized carbons (Fsp3) is 0.533. The van der Waals surface area contributed by atoms with E-state index in [-0.39, 0.29) is 10.8 Å². The van der Waals surface area contributed by atoms with Gasteiger partial charge in [0.25, 0.3) is 0 Å². The maximum absolute atomic E-state index is 12.5. The summed E-state index contributed by atoms with van der Waals surface area (Å²) in [6, 6.07) is 6.65. The lowest BCUT2D eigenvalue weighted by Crippen LogP contribution is -2.40. The smallest absolute Gasteiger partial charge is 0.243 e. The van der Waals surface area contributed by atoms with Gasteiger partial charge < -0.3 is 10.1 Å². The number of morpholine rings is 1. The number of sulfonamides is 1. The summed E-state index contributed by atoms with van der Waals surface area (Å²) in [5.41, 5.74) is 0.880. The number of hydrogen-bond acceptors (Lipinski definition) is 4. The molecule has 0 unspecified atom stereocenters. The molecule has 0 bridgehead atoms. The molecule has 0 saturated carbocycles. The lowest BCUT2D eigenvalue weighted by Gasteiger charge is -2.26. The van der Waals surface area contributed by atoms with Crippen LogP contribution in [0.15, 0.2) is 29.2 Å². The van der Waals surface area contributed by atoms with Crippen LogP contribution in [0.25, 0.3) is 0 Å². The lowest BCUT2D eigenvalue weighted by atomic mass is 10.2. The Morgan fingerprint density at radius 3 is 2.45 bits per heavy atom. The molecule has 122 valence electrons. The van der Waals surface area contributed by atoms with Crippen LogP contribution >= 0.6 is 0 Å². The van der Waals surface area contributed by atoms with Crippen molar-refractivity contribution in [3.8, 4) is 0 Å². The number of ether oxygens (including phenoxy) is 1. The molecule has 6 nitrogen and oxygen atoms in total. The van der Waals surface area contributed by atoms with E-state index in [0.717, 1.165) is 12.0 Å². The third-order valence-corrected chi connectivity index (χ3v) is 5.41. The molecule has 1 heterocycles. The maximum atomic E-state index is 12.5. The molecular formula is C15H22N2O4S. The van der Waals surface area contributed by atoms with Crippen molar-refractivity contribution < 1.29 is 17.9 Å². The predicted octanol–water partition coefficient (Wildman–Crippen LogP) is 1.12. The van der Waals surface area contributed by atoms with Crippen LogP contribution in [0.2, 0.25) is 0 Å². The average Bonchev–Trinajstić information content (AvgIpc) is 2.54. The van der Waals surface area contributed by atoms with Crippen LogP contribution in [-0.2, 0) is 26.1 Å². The van der Waals surface area contributed by atoms with Crippen molar-refractivity contribution in [2.45, 2.75) is 31.2 Å². The molecule has 0 atom stereocenters. The average molecular weight is 326 g/mol. The highest BCUT2D eigenvalue weighted by Gasteiger charge is 2.25. The summed E-state index contributed by atoms with van der Waals surface area (Å²) in [6.45, 7) is 4.00. The molecule has 0 spiro atoms. The van der Waals surface area contributed by atoms with Gasteiger partial charge in [-0.05, 0) is 24.1 Å². The van der Waals surface area contributed by atoms with E-state index in [9.17, 15) is 13.2 Å². The number of amides is 1. The zero-order valence-corrected chi connectivity index (χ0v) is 13.6. The molecule has 1 saturated heterocycles. The van der Waals surface area contributed by atoms with Crippen LogP contribution in [-0.4, -0.2) is 44.9 Å². The largest absolute Gasteiger partial charge is 0.379 e. The summed E-state index contributed by atoms with van der Waals surface area (Å²) in [5, 5.41) is 2.81. The minimum absolute atomic E-state index is 0.00696. The molecule has 22 heavy (non-hydrogen) atoms. The van der Waals surface area contributed by atoms with Crippen molar-refractivity contribution in [1.82, 2.24) is 9.62 Å². The number of carbonyl (C=O) groups is 1. The fourth-order valence-electron chi connectivity index (χ4n) is 2.23. The van der Waals surface area contributed by atoms with E-state index < -0.39 is 10.0 Å². The highest BCUT2D eigenvalue weighted by Crippen LogP contribution is 2.17. The molecule has 7 heteroatoms. The number of hydrogen-bond donors (Lipinski definition) is 1. The number of nitrogens with one attached hydrogen (secondary N) is 1. The van der Waals surface area contributed by atoms with Crippen LogP contribution in [0.4, 0.5) is 0 Å². The SMILES string of the molecule is CCCC(=O)NCc1ccc(S(=O)(=O)N2CCOCC2)cc1. The second-order valence-corrected chi connectivity index (χ2v) is 7.13. The molecule has 1 aromatic carbocycles. The Morgan fingerprint density at radius 2 is 1.86 bits per heavy atom. The fourth-order valence-corrected chi connectivity index (χ4v) is 3.64. The van der Waals surface area contributed by atoms with Crippen molar-refractivity contribution in [3.63, 3.8) is 0 Å². The van der Waals surface area contributed by atoms with Gasteiger partial charge in [-0.3, -0.25) is 4.79 Å². The molecule has 0 aromatic heterocycles. The van der Waals surface area contributed by atoms with Crippen LogP contribution < -0.4 is 5.32 Å². The van der Waals surface area contributed by atoms with Gasteiger partial charge in [-0.15, -0.1) is 0 Å². The molecule has 2 rings (SSSR count). The standard InChI is InChI=1S/C15H22N2O4S/c1-2-3-15(18)16-12-13-4-6-14(7-5-13)22(19,20)17-8-10-21-11-9-17/h4-7H,2-3,8-12H2,1H3,(H,16,18). The van der Waals surface area contributed by atoms with Crippen LogP contribution in [0.5, 0.6) is 0 Å². The zero-order chi connectivity index (χ0) is 16.0.